The Kier molecular flexibility index (Phi) is 2.05. The summed E-state index contributed by atoms with van der Waals surface area (Å²) >= 11 is 0. The molecule has 3 heteroatoms. The van der Waals surface area contributed by atoms with E-state index in [1.165, 1.54) is 37.1 Å². The lowest BCUT2D eigenvalue weighted by Crippen LogP contribution is -2.12. The van der Waals surface area contributed by atoms with Crippen molar-refractivity contribution in [1.29, 1.82) is 0 Å². The molecule has 1 aliphatic carbocycles. The van der Waals surface area contributed by atoms with Gasteiger partial charge in [0.2, 0.25) is 0 Å². The van der Waals surface area contributed by atoms with Crippen LogP contribution in [0.1, 0.15) is 43.0 Å². The molecule has 14 heavy (non-hydrogen) atoms. The van der Waals surface area contributed by atoms with Crippen molar-refractivity contribution >= 4 is 0 Å². The Labute approximate surface area is 84.5 Å². The van der Waals surface area contributed by atoms with Crippen molar-refractivity contribution in [3.63, 3.8) is 0 Å². The van der Waals surface area contributed by atoms with Gasteiger partial charge in [-0.3, -0.25) is 4.68 Å². The van der Waals surface area contributed by atoms with Crippen LogP contribution in [0.4, 0.5) is 0 Å². The smallest absolute Gasteiger partial charge is 0.0658 e. The Morgan fingerprint density at radius 1 is 1.36 bits per heavy atom. The van der Waals surface area contributed by atoms with Crippen molar-refractivity contribution in [2.24, 2.45) is 0 Å². The van der Waals surface area contributed by atoms with Crippen LogP contribution in [0.5, 0.6) is 0 Å². The second kappa shape index (κ2) is 3.39. The minimum absolute atomic E-state index is 0.773. The van der Waals surface area contributed by atoms with E-state index in [4.69, 9.17) is 5.10 Å². The SMILES string of the molecule is c1c(C2CCC2)nn2c1CNCCC2. The molecular weight excluding hydrogens is 174 g/mol. The van der Waals surface area contributed by atoms with Gasteiger partial charge in [-0.15, -0.1) is 0 Å². The Bertz CT molecular complexity index is 302. The van der Waals surface area contributed by atoms with Crippen LogP contribution in [0.2, 0.25) is 0 Å². The number of aromatic nitrogens is 2. The molecule has 0 bridgehead atoms. The summed E-state index contributed by atoms with van der Waals surface area (Å²) in [5.41, 5.74) is 2.72. The minimum Gasteiger partial charge on any atom is -0.311 e. The molecule has 0 spiro atoms. The highest BCUT2D eigenvalue weighted by Gasteiger charge is 2.23. The Morgan fingerprint density at radius 3 is 3.07 bits per heavy atom. The average Bonchev–Trinajstić information content (AvgIpc) is 2.34. The van der Waals surface area contributed by atoms with Crippen molar-refractivity contribution < 1.29 is 0 Å². The third-order valence-electron chi connectivity index (χ3n) is 3.44. The van der Waals surface area contributed by atoms with Crippen molar-refractivity contribution in [3.8, 4) is 0 Å². The second-order valence-electron chi connectivity index (χ2n) is 4.44. The van der Waals surface area contributed by atoms with Crippen LogP contribution < -0.4 is 5.32 Å². The summed E-state index contributed by atoms with van der Waals surface area (Å²) in [6.45, 7) is 3.22. The summed E-state index contributed by atoms with van der Waals surface area (Å²) < 4.78 is 2.20. The molecule has 0 radical (unpaired) electrons. The zero-order valence-corrected chi connectivity index (χ0v) is 8.50. The number of fused-ring (bicyclic) bond motifs is 1. The molecule has 1 aromatic rings. The quantitative estimate of drug-likeness (QED) is 0.731. The first-order chi connectivity index (χ1) is 6.93. The van der Waals surface area contributed by atoms with Gasteiger partial charge in [-0.25, -0.2) is 0 Å². The summed E-state index contributed by atoms with van der Waals surface area (Å²) in [7, 11) is 0. The van der Waals surface area contributed by atoms with Gasteiger partial charge < -0.3 is 5.32 Å². The molecular formula is C11H17N3. The third kappa shape index (κ3) is 1.36. The average molecular weight is 191 g/mol. The van der Waals surface area contributed by atoms with Gasteiger partial charge in [0, 0.05) is 19.0 Å². The van der Waals surface area contributed by atoms with E-state index in [0.29, 0.717) is 0 Å². The highest BCUT2D eigenvalue weighted by molar-refractivity contribution is 5.17. The van der Waals surface area contributed by atoms with Crippen molar-refractivity contribution in [1.82, 2.24) is 15.1 Å². The number of aryl methyl sites for hydroxylation is 1. The van der Waals surface area contributed by atoms with Crippen LogP contribution in [0.3, 0.4) is 0 Å². The minimum atomic E-state index is 0.773. The van der Waals surface area contributed by atoms with Crippen molar-refractivity contribution in [3.05, 3.63) is 17.5 Å². The van der Waals surface area contributed by atoms with E-state index in [-0.39, 0.29) is 0 Å². The molecule has 2 aliphatic rings. The summed E-state index contributed by atoms with van der Waals surface area (Å²) in [5.74, 6) is 0.773. The topological polar surface area (TPSA) is 29.9 Å². The van der Waals surface area contributed by atoms with Crippen LogP contribution in [0, 0.1) is 0 Å². The number of nitrogens with one attached hydrogen (secondary N) is 1. The molecule has 0 amide bonds. The molecule has 0 aromatic carbocycles. The fraction of sp³-hybridized carbons (Fsp3) is 0.727. The fourth-order valence-electron chi connectivity index (χ4n) is 2.29. The first kappa shape index (κ1) is 8.48. The molecule has 1 aliphatic heterocycles. The Hall–Kier alpha value is -0.830. The molecule has 1 N–H and O–H groups in total. The van der Waals surface area contributed by atoms with Crippen molar-refractivity contribution in [2.75, 3.05) is 6.54 Å². The molecule has 1 saturated carbocycles. The molecule has 2 heterocycles. The zero-order chi connectivity index (χ0) is 9.38. The Morgan fingerprint density at radius 2 is 2.29 bits per heavy atom. The first-order valence-electron chi connectivity index (χ1n) is 5.71. The summed E-state index contributed by atoms with van der Waals surface area (Å²) in [4.78, 5) is 0. The van der Waals surface area contributed by atoms with E-state index >= 15 is 0 Å². The van der Waals surface area contributed by atoms with E-state index in [1.807, 2.05) is 0 Å². The zero-order valence-electron chi connectivity index (χ0n) is 8.50. The summed E-state index contributed by atoms with van der Waals surface area (Å²) in [5, 5.41) is 8.14. The lowest BCUT2D eigenvalue weighted by molar-refractivity contribution is 0.405. The Balaban J connectivity index is 1.86. The monoisotopic (exact) mass is 191 g/mol. The maximum atomic E-state index is 4.71. The first-order valence-corrected chi connectivity index (χ1v) is 5.71. The molecule has 0 atom stereocenters. The number of rotatable bonds is 1. The molecule has 3 rings (SSSR count). The highest BCUT2D eigenvalue weighted by Crippen LogP contribution is 2.35. The third-order valence-corrected chi connectivity index (χ3v) is 3.44. The van der Waals surface area contributed by atoms with Gasteiger partial charge in [0.1, 0.15) is 0 Å². The van der Waals surface area contributed by atoms with Crippen LogP contribution in [0.15, 0.2) is 6.07 Å². The lowest BCUT2D eigenvalue weighted by Gasteiger charge is -2.22. The summed E-state index contributed by atoms with van der Waals surface area (Å²) in [6, 6.07) is 2.31. The number of nitrogens with zero attached hydrogens (tertiary/aromatic N) is 2. The van der Waals surface area contributed by atoms with Gasteiger partial charge in [0.05, 0.1) is 11.4 Å². The van der Waals surface area contributed by atoms with Crippen LogP contribution in [0.25, 0.3) is 0 Å². The normalized spacial score (nSPS) is 22.6. The van der Waals surface area contributed by atoms with E-state index in [0.717, 1.165) is 25.6 Å². The molecule has 3 nitrogen and oxygen atoms in total. The number of hydrogen-bond donors (Lipinski definition) is 1. The standard InChI is InChI=1S/C11H17N3/c1-3-9(4-1)11-7-10-8-12-5-2-6-14(10)13-11/h7,9,12H,1-6,8H2. The van der Waals surface area contributed by atoms with Gasteiger partial charge in [-0.05, 0) is 31.9 Å². The van der Waals surface area contributed by atoms with Gasteiger partial charge >= 0.3 is 0 Å². The van der Waals surface area contributed by atoms with Gasteiger partial charge in [-0.1, -0.05) is 6.42 Å². The highest BCUT2D eigenvalue weighted by atomic mass is 15.3. The van der Waals surface area contributed by atoms with E-state index in [2.05, 4.69) is 16.1 Å². The van der Waals surface area contributed by atoms with E-state index in [9.17, 15) is 0 Å². The van der Waals surface area contributed by atoms with Crippen LogP contribution in [-0.2, 0) is 13.1 Å². The number of hydrogen-bond acceptors (Lipinski definition) is 2. The summed E-state index contributed by atoms with van der Waals surface area (Å²) in [6.07, 6.45) is 5.30. The van der Waals surface area contributed by atoms with Gasteiger partial charge in [0.25, 0.3) is 0 Å². The predicted molar refractivity (Wildman–Crippen MR) is 55.1 cm³/mol. The predicted octanol–water partition coefficient (Wildman–Crippen LogP) is 1.64. The maximum absolute atomic E-state index is 4.71. The molecule has 1 aromatic heterocycles. The van der Waals surface area contributed by atoms with Gasteiger partial charge in [0.15, 0.2) is 0 Å². The molecule has 1 fully saturated rings. The van der Waals surface area contributed by atoms with Crippen LogP contribution in [-0.4, -0.2) is 16.3 Å². The largest absolute Gasteiger partial charge is 0.311 e. The second-order valence-corrected chi connectivity index (χ2v) is 4.44. The molecule has 0 unspecified atom stereocenters. The van der Waals surface area contributed by atoms with Crippen molar-refractivity contribution in [2.45, 2.75) is 44.7 Å². The lowest BCUT2D eigenvalue weighted by atomic mass is 9.83. The van der Waals surface area contributed by atoms with E-state index in [1.54, 1.807) is 0 Å². The maximum Gasteiger partial charge on any atom is 0.0658 e. The van der Waals surface area contributed by atoms with E-state index < -0.39 is 0 Å². The van der Waals surface area contributed by atoms with Gasteiger partial charge in [-0.2, -0.15) is 5.10 Å². The fourth-order valence-corrected chi connectivity index (χ4v) is 2.29. The molecule has 76 valence electrons. The van der Waals surface area contributed by atoms with Crippen LogP contribution >= 0.6 is 0 Å². The molecule has 0 saturated heterocycles.